The summed E-state index contributed by atoms with van der Waals surface area (Å²) < 4.78 is 25.5. The molecule has 1 aliphatic heterocycles. The summed E-state index contributed by atoms with van der Waals surface area (Å²) in [6.45, 7) is 0. The van der Waals surface area contributed by atoms with Gasteiger partial charge in [0.25, 0.3) is 5.91 Å². The molecule has 136 valence electrons. The summed E-state index contributed by atoms with van der Waals surface area (Å²) in [6, 6.07) is 16.5. The zero-order chi connectivity index (χ0) is 19.0. The summed E-state index contributed by atoms with van der Waals surface area (Å²) in [5.41, 5.74) is 5.06. The van der Waals surface area contributed by atoms with E-state index < -0.39 is 10.0 Å². The number of fused-ring (bicyclic) bond motifs is 1. The van der Waals surface area contributed by atoms with Crippen LogP contribution in [0.1, 0.15) is 11.3 Å². The third-order valence-corrected chi connectivity index (χ3v) is 4.83. The van der Waals surface area contributed by atoms with Gasteiger partial charge in [-0.15, -0.1) is 0 Å². The number of carbonyl (C=O) groups is 1. The fourth-order valence-electron chi connectivity index (χ4n) is 3.18. The minimum absolute atomic E-state index is 0.169. The van der Waals surface area contributed by atoms with Crippen LogP contribution >= 0.6 is 0 Å². The fourth-order valence-corrected chi connectivity index (χ4v) is 3.74. The lowest BCUT2D eigenvalue weighted by molar-refractivity contribution is -0.110. The van der Waals surface area contributed by atoms with Gasteiger partial charge in [0.15, 0.2) is 0 Å². The van der Waals surface area contributed by atoms with Crippen LogP contribution in [0.2, 0.25) is 0 Å². The number of anilines is 2. The van der Waals surface area contributed by atoms with E-state index in [-0.39, 0.29) is 5.91 Å². The number of hydrogen-bond acceptors (Lipinski definition) is 3. The van der Waals surface area contributed by atoms with Crippen molar-refractivity contribution in [3.8, 4) is 11.1 Å². The van der Waals surface area contributed by atoms with Crippen LogP contribution in [0, 0.1) is 0 Å². The van der Waals surface area contributed by atoms with Gasteiger partial charge in [-0.3, -0.25) is 9.52 Å². The van der Waals surface area contributed by atoms with Crippen molar-refractivity contribution in [2.45, 2.75) is 0 Å². The second kappa shape index (κ2) is 6.44. The van der Waals surface area contributed by atoms with Crippen LogP contribution in [0.3, 0.4) is 0 Å². The molecule has 0 unspecified atom stereocenters. The van der Waals surface area contributed by atoms with Crippen LogP contribution in [-0.2, 0) is 14.8 Å². The number of aromatic amines is 1. The van der Waals surface area contributed by atoms with Gasteiger partial charge in [0.2, 0.25) is 10.0 Å². The molecule has 4 rings (SSSR count). The molecule has 0 spiro atoms. The molecule has 3 N–H and O–H groups in total. The van der Waals surface area contributed by atoms with Crippen molar-refractivity contribution >= 4 is 39.0 Å². The van der Waals surface area contributed by atoms with E-state index in [4.69, 9.17) is 0 Å². The van der Waals surface area contributed by atoms with Crippen LogP contribution in [0.5, 0.6) is 0 Å². The third kappa shape index (κ3) is 3.50. The Morgan fingerprint density at radius 3 is 2.59 bits per heavy atom. The average Bonchev–Trinajstić information content (AvgIpc) is 3.22. The summed E-state index contributed by atoms with van der Waals surface area (Å²) in [4.78, 5) is 15.6. The van der Waals surface area contributed by atoms with Crippen molar-refractivity contribution in [1.82, 2.24) is 4.98 Å². The molecular formula is C20H17N3O3S. The first-order valence-electron chi connectivity index (χ1n) is 8.29. The van der Waals surface area contributed by atoms with Gasteiger partial charge >= 0.3 is 0 Å². The standard InChI is InChI=1S/C20H17N3O3S/c1-27(25,26)23-15-6-2-5-13(11-15)16-8-3-9-18-19(16)17(20(24)22-18)12-14-7-4-10-21-14/h2-12,21,23H,1H3,(H,22,24). The second-order valence-electron chi connectivity index (χ2n) is 6.32. The van der Waals surface area contributed by atoms with Gasteiger partial charge in [0, 0.05) is 28.8 Å². The molecule has 0 aliphatic carbocycles. The summed E-state index contributed by atoms with van der Waals surface area (Å²) >= 11 is 0. The summed E-state index contributed by atoms with van der Waals surface area (Å²) in [5, 5.41) is 2.89. The van der Waals surface area contributed by atoms with Crippen molar-refractivity contribution in [2.75, 3.05) is 16.3 Å². The molecule has 0 saturated carbocycles. The molecule has 2 aromatic carbocycles. The van der Waals surface area contributed by atoms with Gasteiger partial charge in [-0.25, -0.2) is 8.42 Å². The minimum atomic E-state index is -3.37. The predicted octanol–water partition coefficient (Wildman–Crippen LogP) is 3.55. The molecule has 0 bridgehead atoms. The summed E-state index contributed by atoms with van der Waals surface area (Å²) in [7, 11) is -3.37. The molecule has 27 heavy (non-hydrogen) atoms. The zero-order valence-corrected chi connectivity index (χ0v) is 15.3. The van der Waals surface area contributed by atoms with E-state index in [2.05, 4.69) is 15.0 Å². The number of rotatable bonds is 4. The molecule has 3 aromatic rings. The number of nitrogens with one attached hydrogen (secondary N) is 3. The van der Waals surface area contributed by atoms with E-state index >= 15 is 0 Å². The Kier molecular flexibility index (Phi) is 4.08. The van der Waals surface area contributed by atoms with Crippen molar-refractivity contribution in [1.29, 1.82) is 0 Å². The maximum atomic E-state index is 12.5. The van der Waals surface area contributed by atoms with E-state index in [1.165, 1.54) is 0 Å². The molecule has 7 heteroatoms. The highest BCUT2D eigenvalue weighted by Gasteiger charge is 2.27. The van der Waals surface area contributed by atoms with Crippen molar-refractivity contribution in [3.05, 3.63) is 72.1 Å². The predicted molar refractivity (Wildman–Crippen MR) is 108 cm³/mol. The first-order chi connectivity index (χ1) is 12.9. The first-order valence-corrected chi connectivity index (χ1v) is 10.2. The third-order valence-electron chi connectivity index (χ3n) is 4.23. The number of benzene rings is 2. The molecular weight excluding hydrogens is 362 g/mol. The van der Waals surface area contributed by atoms with Crippen LogP contribution in [0.15, 0.2) is 60.8 Å². The average molecular weight is 379 g/mol. The van der Waals surface area contributed by atoms with E-state index in [1.807, 2.05) is 42.5 Å². The van der Waals surface area contributed by atoms with Crippen molar-refractivity contribution in [2.24, 2.45) is 0 Å². The molecule has 1 aliphatic rings. The van der Waals surface area contributed by atoms with E-state index in [1.54, 1.807) is 24.4 Å². The van der Waals surface area contributed by atoms with Crippen LogP contribution in [0.25, 0.3) is 22.8 Å². The molecule has 2 heterocycles. The van der Waals surface area contributed by atoms with E-state index in [0.717, 1.165) is 34.3 Å². The number of hydrogen-bond donors (Lipinski definition) is 3. The van der Waals surface area contributed by atoms with Gasteiger partial charge < -0.3 is 10.3 Å². The quantitative estimate of drug-likeness (QED) is 0.606. The monoisotopic (exact) mass is 379 g/mol. The molecule has 0 atom stereocenters. The molecule has 0 radical (unpaired) electrons. The van der Waals surface area contributed by atoms with Gasteiger partial charge in [0.1, 0.15) is 0 Å². The topological polar surface area (TPSA) is 91.1 Å². The van der Waals surface area contributed by atoms with E-state index in [0.29, 0.717) is 11.3 Å². The summed E-state index contributed by atoms with van der Waals surface area (Å²) in [5.74, 6) is -0.169. The SMILES string of the molecule is CS(=O)(=O)Nc1cccc(-c2cccc3c2C(=Cc2ccc[nH]2)C(=O)N3)c1. The van der Waals surface area contributed by atoms with Crippen LogP contribution < -0.4 is 10.0 Å². The highest BCUT2D eigenvalue weighted by atomic mass is 32.2. The molecule has 1 amide bonds. The van der Waals surface area contributed by atoms with Gasteiger partial charge in [0.05, 0.1) is 11.8 Å². The number of carbonyl (C=O) groups excluding carboxylic acids is 1. The molecule has 0 saturated heterocycles. The van der Waals surface area contributed by atoms with Crippen molar-refractivity contribution in [3.63, 3.8) is 0 Å². The Morgan fingerprint density at radius 1 is 1.04 bits per heavy atom. The minimum Gasteiger partial charge on any atom is -0.362 e. The van der Waals surface area contributed by atoms with Gasteiger partial charge in [-0.1, -0.05) is 24.3 Å². The Labute approximate surface area is 157 Å². The second-order valence-corrected chi connectivity index (χ2v) is 8.07. The normalized spacial score (nSPS) is 14.9. The highest BCUT2D eigenvalue weighted by Crippen LogP contribution is 2.40. The maximum Gasteiger partial charge on any atom is 0.256 e. The van der Waals surface area contributed by atoms with Gasteiger partial charge in [-0.05, 0) is 47.5 Å². The zero-order valence-electron chi connectivity index (χ0n) is 14.5. The Hall–Kier alpha value is -3.32. The largest absolute Gasteiger partial charge is 0.362 e. The van der Waals surface area contributed by atoms with E-state index in [9.17, 15) is 13.2 Å². The molecule has 0 fully saturated rings. The molecule has 6 nitrogen and oxygen atoms in total. The number of sulfonamides is 1. The van der Waals surface area contributed by atoms with Crippen LogP contribution in [-0.4, -0.2) is 25.6 Å². The number of aromatic nitrogens is 1. The Bertz CT molecular complexity index is 1160. The van der Waals surface area contributed by atoms with Gasteiger partial charge in [-0.2, -0.15) is 0 Å². The smallest absolute Gasteiger partial charge is 0.256 e. The lowest BCUT2D eigenvalue weighted by Crippen LogP contribution is -2.09. The van der Waals surface area contributed by atoms with Crippen LogP contribution in [0.4, 0.5) is 11.4 Å². The fraction of sp³-hybridized carbons (Fsp3) is 0.0500. The Morgan fingerprint density at radius 2 is 1.85 bits per heavy atom. The van der Waals surface area contributed by atoms with Crippen molar-refractivity contribution < 1.29 is 13.2 Å². The maximum absolute atomic E-state index is 12.5. The number of amides is 1. The highest BCUT2D eigenvalue weighted by molar-refractivity contribution is 7.92. The lowest BCUT2D eigenvalue weighted by atomic mass is 9.94. The number of H-pyrrole nitrogens is 1. The molecule has 1 aromatic heterocycles. The Balaban J connectivity index is 1.85. The first kappa shape index (κ1) is 17.1. The lowest BCUT2D eigenvalue weighted by Gasteiger charge is -2.11. The summed E-state index contributed by atoms with van der Waals surface area (Å²) in [6.07, 6.45) is 4.72.